The summed E-state index contributed by atoms with van der Waals surface area (Å²) in [6.45, 7) is 0. The summed E-state index contributed by atoms with van der Waals surface area (Å²) < 4.78 is 25.4. The molecule has 0 saturated carbocycles. The van der Waals surface area contributed by atoms with Crippen LogP contribution >= 0.6 is 39.1 Å². The molecule has 0 aliphatic carbocycles. The molecule has 0 atom stereocenters. The molecule has 0 saturated heterocycles. The first-order valence-electron chi connectivity index (χ1n) is 4.86. The van der Waals surface area contributed by atoms with Gasteiger partial charge in [0.25, 0.3) is 0 Å². The zero-order valence-corrected chi connectivity index (χ0v) is 12.8. The van der Waals surface area contributed by atoms with Gasteiger partial charge in [-0.2, -0.15) is 0 Å². The van der Waals surface area contributed by atoms with Gasteiger partial charge in [-0.15, -0.1) is 0 Å². The summed E-state index contributed by atoms with van der Waals surface area (Å²) >= 11 is 14.9. The van der Waals surface area contributed by atoms with Crippen LogP contribution in [-0.4, -0.2) is 8.42 Å². The minimum Gasteiger partial charge on any atom is -0.219 e. The lowest BCUT2D eigenvalue weighted by molar-refractivity contribution is 0.596. The number of hydrogen-bond acceptors (Lipinski definition) is 2. The van der Waals surface area contributed by atoms with Crippen molar-refractivity contribution in [1.82, 2.24) is 0 Å². The van der Waals surface area contributed by atoms with Crippen LogP contribution in [0.15, 0.2) is 56.7 Å². The van der Waals surface area contributed by atoms with Crippen LogP contribution in [0.2, 0.25) is 10.0 Å². The smallest absolute Gasteiger partial charge is 0.206 e. The van der Waals surface area contributed by atoms with Crippen LogP contribution in [0.25, 0.3) is 0 Å². The average molecular weight is 366 g/mol. The molecule has 0 N–H and O–H groups in total. The summed E-state index contributed by atoms with van der Waals surface area (Å²) in [6, 6.07) is 10.7. The Hall–Kier alpha value is -0.550. The van der Waals surface area contributed by atoms with Crippen molar-refractivity contribution in [3.8, 4) is 0 Å². The minimum absolute atomic E-state index is 0.0816. The molecule has 0 aliphatic rings. The first-order chi connectivity index (χ1) is 8.39. The van der Waals surface area contributed by atoms with E-state index in [9.17, 15) is 8.42 Å². The van der Waals surface area contributed by atoms with Gasteiger partial charge in [0.05, 0.1) is 9.79 Å². The quantitative estimate of drug-likeness (QED) is 0.779. The van der Waals surface area contributed by atoms with E-state index in [0.29, 0.717) is 4.47 Å². The second-order valence-corrected chi connectivity index (χ2v) is 7.30. The Morgan fingerprint density at radius 2 is 1.50 bits per heavy atom. The number of hydrogen-bond donors (Lipinski definition) is 0. The van der Waals surface area contributed by atoms with E-state index >= 15 is 0 Å². The summed E-state index contributed by atoms with van der Waals surface area (Å²) in [7, 11) is -3.61. The highest BCUT2D eigenvalue weighted by molar-refractivity contribution is 9.10. The maximum Gasteiger partial charge on any atom is 0.206 e. The van der Waals surface area contributed by atoms with Gasteiger partial charge in [-0.25, -0.2) is 8.42 Å². The molecule has 0 bridgehead atoms. The molecular formula is C12H7BrCl2O2S. The molecular weight excluding hydrogens is 359 g/mol. The van der Waals surface area contributed by atoms with Gasteiger partial charge in [0, 0.05) is 14.5 Å². The SMILES string of the molecule is O=S(=O)(c1cc(Cl)cc(Cl)c1)c1cccc(Br)c1. The molecule has 6 heteroatoms. The van der Waals surface area contributed by atoms with Gasteiger partial charge in [-0.05, 0) is 36.4 Å². The molecule has 2 rings (SSSR count). The molecule has 0 aromatic heterocycles. The molecule has 2 aromatic rings. The van der Waals surface area contributed by atoms with Crippen LogP contribution in [0.3, 0.4) is 0 Å². The molecule has 0 fully saturated rings. The first kappa shape index (κ1) is 13.9. The number of rotatable bonds is 2. The summed E-state index contributed by atoms with van der Waals surface area (Å²) in [6.07, 6.45) is 0. The lowest BCUT2D eigenvalue weighted by Crippen LogP contribution is -2.01. The third-order valence-electron chi connectivity index (χ3n) is 2.25. The Labute approximate surface area is 124 Å². The monoisotopic (exact) mass is 364 g/mol. The summed E-state index contributed by atoms with van der Waals surface area (Å²) in [5, 5.41) is 0.576. The molecule has 0 spiro atoms. The number of sulfone groups is 1. The molecule has 0 amide bonds. The van der Waals surface area contributed by atoms with Crippen molar-refractivity contribution in [1.29, 1.82) is 0 Å². The van der Waals surface area contributed by atoms with E-state index in [1.165, 1.54) is 30.3 Å². The highest BCUT2D eigenvalue weighted by Gasteiger charge is 2.18. The largest absolute Gasteiger partial charge is 0.219 e. The predicted molar refractivity (Wildman–Crippen MR) is 76.1 cm³/mol. The van der Waals surface area contributed by atoms with Gasteiger partial charge in [0.1, 0.15) is 0 Å². The fourth-order valence-electron chi connectivity index (χ4n) is 1.45. The van der Waals surface area contributed by atoms with Crippen molar-refractivity contribution < 1.29 is 8.42 Å². The maximum atomic E-state index is 12.4. The van der Waals surface area contributed by atoms with Crippen LogP contribution in [0.1, 0.15) is 0 Å². The molecule has 0 unspecified atom stereocenters. The van der Waals surface area contributed by atoms with Crippen molar-refractivity contribution in [3.05, 3.63) is 57.0 Å². The van der Waals surface area contributed by atoms with Crippen molar-refractivity contribution in [3.63, 3.8) is 0 Å². The second kappa shape index (κ2) is 5.21. The Bertz CT molecular complexity index is 679. The van der Waals surface area contributed by atoms with Crippen LogP contribution in [0.4, 0.5) is 0 Å². The molecule has 2 nitrogen and oxygen atoms in total. The van der Waals surface area contributed by atoms with Crippen molar-refractivity contribution in [2.75, 3.05) is 0 Å². The Kier molecular flexibility index (Phi) is 4.02. The van der Waals surface area contributed by atoms with Gasteiger partial charge >= 0.3 is 0 Å². The summed E-state index contributed by atoms with van der Waals surface area (Å²) in [5.74, 6) is 0. The highest BCUT2D eigenvalue weighted by Crippen LogP contribution is 2.28. The van der Waals surface area contributed by atoms with Crippen molar-refractivity contribution in [2.45, 2.75) is 9.79 Å². The van der Waals surface area contributed by atoms with E-state index < -0.39 is 9.84 Å². The number of halogens is 3. The average Bonchev–Trinajstić information content (AvgIpc) is 2.27. The third-order valence-corrected chi connectivity index (χ3v) is 4.91. The predicted octanol–water partition coefficient (Wildman–Crippen LogP) is 4.59. The Balaban J connectivity index is 2.61. The lowest BCUT2D eigenvalue weighted by Gasteiger charge is -2.06. The minimum atomic E-state index is -3.61. The van der Waals surface area contributed by atoms with Gasteiger partial charge < -0.3 is 0 Å². The van der Waals surface area contributed by atoms with Gasteiger partial charge in [-0.1, -0.05) is 45.2 Å². The highest BCUT2D eigenvalue weighted by atomic mass is 79.9. The summed E-state index contributed by atoms with van der Waals surface area (Å²) in [5.41, 5.74) is 0. The van der Waals surface area contributed by atoms with Gasteiger partial charge in [0.15, 0.2) is 0 Å². The van der Waals surface area contributed by atoms with E-state index in [2.05, 4.69) is 15.9 Å². The normalized spacial score (nSPS) is 11.5. The van der Waals surface area contributed by atoms with Crippen molar-refractivity contribution in [2.24, 2.45) is 0 Å². The van der Waals surface area contributed by atoms with Crippen molar-refractivity contribution >= 4 is 49.0 Å². The standard InChI is InChI=1S/C12H7BrCl2O2S/c13-8-2-1-3-11(4-8)18(16,17)12-6-9(14)5-10(15)7-12/h1-7H. The molecule has 94 valence electrons. The maximum absolute atomic E-state index is 12.4. The second-order valence-electron chi connectivity index (χ2n) is 3.57. The molecule has 18 heavy (non-hydrogen) atoms. The zero-order chi connectivity index (χ0) is 13.3. The van der Waals surface area contributed by atoms with E-state index in [1.54, 1.807) is 12.1 Å². The van der Waals surface area contributed by atoms with Crippen LogP contribution < -0.4 is 0 Å². The molecule has 0 aliphatic heterocycles. The molecule has 2 aromatic carbocycles. The van der Waals surface area contributed by atoms with E-state index in [4.69, 9.17) is 23.2 Å². The third kappa shape index (κ3) is 2.88. The zero-order valence-electron chi connectivity index (χ0n) is 8.90. The molecule has 0 heterocycles. The van der Waals surface area contributed by atoms with Crippen LogP contribution in [0, 0.1) is 0 Å². The van der Waals surface area contributed by atoms with E-state index in [1.807, 2.05) is 0 Å². The Morgan fingerprint density at radius 1 is 0.889 bits per heavy atom. The fraction of sp³-hybridized carbons (Fsp3) is 0. The fourth-order valence-corrected chi connectivity index (χ4v) is 4.04. The first-order valence-corrected chi connectivity index (χ1v) is 7.89. The summed E-state index contributed by atoms with van der Waals surface area (Å²) in [4.78, 5) is 0.272. The lowest BCUT2D eigenvalue weighted by atomic mass is 10.4. The number of benzene rings is 2. The van der Waals surface area contributed by atoms with Crippen LogP contribution in [0.5, 0.6) is 0 Å². The van der Waals surface area contributed by atoms with E-state index in [-0.39, 0.29) is 19.8 Å². The van der Waals surface area contributed by atoms with Gasteiger partial charge in [0.2, 0.25) is 9.84 Å². The van der Waals surface area contributed by atoms with E-state index in [0.717, 1.165) is 0 Å². The van der Waals surface area contributed by atoms with Gasteiger partial charge in [-0.3, -0.25) is 0 Å². The Morgan fingerprint density at radius 3 is 2.06 bits per heavy atom. The van der Waals surface area contributed by atoms with Crippen LogP contribution in [-0.2, 0) is 9.84 Å². The topological polar surface area (TPSA) is 34.1 Å². The molecule has 0 radical (unpaired) electrons.